The second-order valence-electron chi connectivity index (χ2n) is 3.58. The van der Waals surface area contributed by atoms with Gasteiger partial charge in [0.15, 0.2) is 0 Å². The van der Waals surface area contributed by atoms with Crippen LogP contribution in [0.3, 0.4) is 0 Å². The first-order valence-electron chi connectivity index (χ1n) is 4.78. The van der Waals surface area contributed by atoms with Gasteiger partial charge in [-0.25, -0.2) is 0 Å². The molecule has 0 aliphatic carbocycles. The van der Waals surface area contributed by atoms with Gasteiger partial charge in [0.25, 0.3) is 0 Å². The highest BCUT2D eigenvalue weighted by atomic mass is 79.9. The third-order valence-corrected chi connectivity index (χ3v) is 2.82. The molecule has 0 aliphatic rings. The van der Waals surface area contributed by atoms with Gasteiger partial charge in [0.05, 0.1) is 6.04 Å². The molecule has 15 heavy (non-hydrogen) atoms. The molecule has 0 heterocycles. The van der Waals surface area contributed by atoms with Crippen molar-refractivity contribution in [3.63, 3.8) is 0 Å². The normalized spacial score (nSPS) is 12.5. The van der Waals surface area contributed by atoms with Gasteiger partial charge in [-0.2, -0.15) is 0 Å². The van der Waals surface area contributed by atoms with E-state index in [1.807, 2.05) is 25.1 Å². The summed E-state index contributed by atoms with van der Waals surface area (Å²) in [4.78, 5) is 10.8. The second kappa shape index (κ2) is 5.28. The summed E-state index contributed by atoms with van der Waals surface area (Å²) >= 11 is 3.41. The molecule has 1 aromatic rings. The first-order valence-corrected chi connectivity index (χ1v) is 5.57. The van der Waals surface area contributed by atoms with Crippen LogP contribution in [0.4, 0.5) is 0 Å². The number of carbonyl (C=O) groups excluding carboxylic acids is 1. The van der Waals surface area contributed by atoms with E-state index >= 15 is 0 Å². The van der Waals surface area contributed by atoms with Crippen molar-refractivity contribution in [2.45, 2.75) is 26.4 Å². The van der Waals surface area contributed by atoms with Gasteiger partial charge in [-0.3, -0.25) is 4.79 Å². The topological polar surface area (TPSA) is 55.1 Å². The van der Waals surface area contributed by atoms with Gasteiger partial charge in [-0.05, 0) is 37.1 Å². The Morgan fingerprint density at radius 1 is 1.60 bits per heavy atom. The average molecular weight is 271 g/mol. The molecule has 0 bridgehead atoms. The summed E-state index contributed by atoms with van der Waals surface area (Å²) in [5.74, 6) is -0.329. The van der Waals surface area contributed by atoms with E-state index in [0.29, 0.717) is 6.54 Å². The minimum absolute atomic E-state index is 0.298. The number of carbonyl (C=O) groups is 1. The Morgan fingerprint density at radius 3 is 2.80 bits per heavy atom. The number of nitrogens with two attached hydrogens (primary N) is 1. The van der Waals surface area contributed by atoms with E-state index in [4.69, 9.17) is 5.73 Å². The van der Waals surface area contributed by atoms with E-state index in [-0.39, 0.29) is 11.9 Å². The Bertz CT molecular complexity index is 366. The number of rotatable bonds is 4. The van der Waals surface area contributed by atoms with Gasteiger partial charge in [-0.15, -0.1) is 0 Å². The fraction of sp³-hybridized carbons (Fsp3) is 0.364. The molecule has 3 N–H and O–H groups in total. The zero-order valence-corrected chi connectivity index (χ0v) is 10.5. The Kier molecular flexibility index (Phi) is 4.29. The number of hydrogen-bond donors (Lipinski definition) is 2. The number of aryl methyl sites for hydroxylation is 1. The van der Waals surface area contributed by atoms with Gasteiger partial charge in [-0.1, -0.05) is 22.0 Å². The zero-order valence-electron chi connectivity index (χ0n) is 8.88. The molecule has 4 heteroatoms. The van der Waals surface area contributed by atoms with E-state index in [2.05, 4.69) is 21.2 Å². The summed E-state index contributed by atoms with van der Waals surface area (Å²) in [6.07, 6.45) is 0. The molecule has 3 nitrogen and oxygen atoms in total. The van der Waals surface area contributed by atoms with E-state index < -0.39 is 0 Å². The van der Waals surface area contributed by atoms with Crippen molar-refractivity contribution in [1.82, 2.24) is 5.32 Å². The van der Waals surface area contributed by atoms with Crippen LogP contribution in [0.25, 0.3) is 0 Å². The summed E-state index contributed by atoms with van der Waals surface area (Å²) in [6.45, 7) is 4.45. The maximum atomic E-state index is 10.8. The molecule has 0 aliphatic heterocycles. The number of benzene rings is 1. The lowest BCUT2D eigenvalue weighted by molar-refractivity contribution is -0.119. The molecule has 1 atom stereocenters. The number of primary amides is 1. The van der Waals surface area contributed by atoms with E-state index in [0.717, 1.165) is 4.47 Å². The van der Waals surface area contributed by atoms with Crippen LogP contribution in [0.2, 0.25) is 0 Å². The molecule has 0 aromatic heterocycles. The molecular formula is C11H15BrN2O. The zero-order chi connectivity index (χ0) is 11.4. The summed E-state index contributed by atoms with van der Waals surface area (Å²) in [7, 11) is 0. The van der Waals surface area contributed by atoms with Crippen molar-refractivity contribution in [2.75, 3.05) is 0 Å². The van der Waals surface area contributed by atoms with Crippen molar-refractivity contribution in [3.8, 4) is 0 Å². The molecule has 1 aromatic carbocycles. The Labute approximate surface area is 98.2 Å². The van der Waals surface area contributed by atoms with Crippen LogP contribution in [-0.2, 0) is 11.3 Å². The molecule has 0 unspecified atom stereocenters. The molecule has 0 radical (unpaired) electrons. The third-order valence-electron chi connectivity index (χ3n) is 2.33. The van der Waals surface area contributed by atoms with Gasteiger partial charge in [0, 0.05) is 11.0 Å². The van der Waals surface area contributed by atoms with Crippen LogP contribution in [0, 0.1) is 6.92 Å². The van der Waals surface area contributed by atoms with E-state index in [1.54, 1.807) is 6.92 Å². The predicted octanol–water partition coefficient (Wildman–Crippen LogP) is 1.72. The molecular weight excluding hydrogens is 256 g/mol. The van der Waals surface area contributed by atoms with Crippen molar-refractivity contribution in [2.24, 2.45) is 5.73 Å². The van der Waals surface area contributed by atoms with Crippen molar-refractivity contribution >= 4 is 21.8 Å². The summed E-state index contributed by atoms with van der Waals surface area (Å²) in [6, 6.07) is 5.76. The molecule has 1 amide bonds. The van der Waals surface area contributed by atoms with Gasteiger partial charge in [0.2, 0.25) is 5.91 Å². The van der Waals surface area contributed by atoms with Crippen LogP contribution in [0.5, 0.6) is 0 Å². The monoisotopic (exact) mass is 270 g/mol. The van der Waals surface area contributed by atoms with Gasteiger partial charge in [0.1, 0.15) is 0 Å². The summed E-state index contributed by atoms with van der Waals surface area (Å²) in [5.41, 5.74) is 7.51. The maximum absolute atomic E-state index is 10.8. The van der Waals surface area contributed by atoms with Crippen LogP contribution >= 0.6 is 15.9 Å². The number of amides is 1. The molecule has 0 spiro atoms. The third kappa shape index (κ3) is 3.64. The quantitative estimate of drug-likeness (QED) is 0.876. The van der Waals surface area contributed by atoms with Gasteiger partial charge < -0.3 is 11.1 Å². The number of halogens is 1. The lowest BCUT2D eigenvalue weighted by Crippen LogP contribution is -2.38. The van der Waals surface area contributed by atoms with Crippen LogP contribution in [0.1, 0.15) is 18.1 Å². The second-order valence-corrected chi connectivity index (χ2v) is 4.49. The largest absolute Gasteiger partial charge is 0.368 e. The first-order chi connectivity index (χ1) is 7.00. The van der Waals surface area contributed by atoms with Crippen molar-refractivity contribution in [1.29, 1.82) is 0 Å². The van der Waals surface area contributed by atoms with E-state index in [9.17, 15) is 4.79 Å². The minimum atomic E-state index is -0.329. The highest BCUT2D eigenvalue weighted by Gasteiger charge is 2.07. The Hall–Kier alpha value is -0.870. The smallest absolute Gasteiger partial charge is 0.234 e. The predicted molar refractivity (Wildman–Crippen MR) is 64.4 cm³/mol. The lowest BCUT2D eigenvalue weighted by atomic mass is 10.1. The highest BCUT2D eigenvalue weighted by Crippen LogP contribution is 2.15. The molecule has 82 valence electrons. The van der Waals surface area contributed by atoms with Crippen LogP contribution in [-0.4, -0.2) is 11.9 Å². The number of nitrogens with one attached hydrogen (secondary N) is 1. The number of hydrogen-bond acceptors (Lipinski definition) is 2. The first kappa shape index (κ1) is 12.2. The van der Waals surface area contributed by atoms with E-state index in [1.165, 1.54) is 11.1 Å². The van der Waals surface area contributed by atoms with Crippen LogP contribution in [0.15, 0.2) is 22.7 Å². The fourth-order valence-electron chi connectivity index (χ4n) is 1.22. The lowest BCUT2D eigenvalue weighted by Gasteiger charge is -2.11. The van der Waals surface area contributed by atoms with Crippen molar-refractivity contribution in [3.05, 3.63) is 33.8 Å². The molecule has 0 saturated carbocycles. The molecule has 1 rings (SSSR count). The Balaban J connectivity index is 2.62. The minimum Gasteiger partial charge on any atom is -0.368 e. The molecule has 0 fully saturated rings. The fourth-order valence-corrected chi connectivity index (χ4v) is 1.70. The Morgan fingerprint density at radius 2 is 2.27 bits per heavy atom. The summed E-state index contributed by atoms with van der Waals surface area (Å²) < 4.78 is 1.06. The van der Waals surface area contributed by atoms with Gasteiger partial charge >= 0.3 is 0 Å². The highest BCUT2D eigenvalue weighted by molar-refractivity contribution is 9.10. The molecule has 0 saturated heterocycles. The average Bonchev–Trinajstić information content (AvgIpc) is 2.15. The van der Waals surface area contributed by atoms with Crippen molar-refractivity contribution < 1.29 is 4.79 Å². The summed E-state index contributed by atoms with van der Waals surface area (Å²) in [5, 5.41) is 3.07. The maximum Gasteiger partial charge on any atom is 0.234 e. The standard InChI is InChI=1S/C11H15BrN2O/c1-7-5-10(12)4-3-9(7)6-14-8(2)11(13)15/h3-5,8,14H,6H2,1-2H3,(H2,13,15)/t8-/m0/s1. The van der Waals surface area contributed by atoms with Crippen LogP contribution < -0.4 is 11.1 Å². The SMILES string of the molecule is Cc1cc(Br)ccc1CN[C@@H](C)C(N)=O.